The molecule has 0 aliphatic carbocycles. The number of rotatable bonds is 7. The van der Waals surface area contributed by atoms with Crippen LogP contribution < -0.4 is 0 Å². The summed E-state index contributed by atoms with van der Waals surface area (Å²) < 4.78 is 0. The lowest BCUT2D eigenvalue weighted by atomic mass is 9.81. The van der Waals surface area contributed by atoms with Crippen molar-refractivity contribution in [3.05, 3.63) is 12.2 Å². The van der Waals surface area contributed by atoms with Gasteiger partial charge in [-0.1, -0.05) is 59.1 Å². The van der Waals surface area contributed by atoms with Gasteiger partial charge in [0.05, 0.1) is 0 Å². The number of hydrogen-bond donors (Lipinski definition) is 0. The van der Waals surface area contributed by atoms with Gasteiger partial charge in [-0.3, -0.25) is 0 Å². The molecule has 0 nitrogen and oxygen atoms in total. The molecule has 0 N–H and O–H groups in total. The van der Waals surface area contributed by atoms with Crippen LogP contribution >= 0.6 is 0 Å². The maximum atomic E-state index is 4.09. The largest absolute Gasteiger partial charge is 0.0999 e. The Kier molecular flexibility index (Phi) is 6.11. The molecule has 0 atom stereocenters. The van der Waals surface area contributed by atoms with E-state index in [1.165, 1.54) is 37.7 Å². The molecule has 78 valence electrons. The second kappa shape index (κ2) is 6.23. The van der Waals surface area contributed by atoms with E-state index in [9.17, 15) is 0 Å². The third-order valence-corrected chi connectivity index (χ3v) is 2.69. The van der Waals surface area contributed by atoms with E-state index in [-0.39, 0.29) is 0 Å². The Balaban J connectivity index is 3.72. The van der Waals surface area contributed by atoms with Crippen LogP contribution in [0.4, 0.5) is 0 Å². The van der Waals surface area contributed by atoms with Gasteiger partial charge < -0.3 is 0 Å². The van der Waals surface area contributed by atoms with Crippen molar-refractivity contribution in [1.82, 2.24) is 0 Å². The standard InChI is InChI=1S/C13H26/c1-6-8-9-10-13(4,5)11-12(3)7-2/h3,6-11H2,1-2,4-5H3. The Hall–Kier alpha value is -0.260. The van der Waals surface area contributed by atoms with Crippen LogP contribution in [0.3, 0.4) is 0 Å². The molecule has 0 heterocycles. The van der Waals surface area contributed by atoms with Crippen molar-refractivity contribution < 1.29 is 0 Å². The van der Waals surface area contributed by atoms with Crippen molar-refractivity contribution in [1.29, 1.82) is 0 Å². The van der Waals surface area contributed by atoms with E-state index in [0.717, 1.165) is 6.42 Å². The average Bonchev–Trinajstić information content (AvgIpc) is 2.03. The summed E-state index contributed by atoms with van der Waals surface area (Å²) in [6, 6.07) is 0. The quantitative estimate of drug-likeness (QED) is 0.386. The molecule has 0 fully saturated rings. The van der Waals surface area contributed by atoms with E-state index in [2.05, 4.69) is 34.3 Å². The summed E-state index contributed by atoms with van der Waals surface area (Å²) in [6.07, 6.45) is 7.76. The van der Waals surface area contributed by atoms with E-state index in [1.807, 2.05) is 0 Å². The second-order valence-corrected chi connectivity index (χ2v) is 4.90. The normalized spacial score (nSPS) is 11.7. The number of unbranched alkanes of at least 4 members (excludes halogenated alkanes) is 2. The molecule has 0 aromatic rings. The third kappa shape index (κ3) is 6.86. The summed E-state index contributed by atoms with van der Waals surface area (Å²) in [4.78, 5) is 0. The molecule has 0 rings (SSSR count). The number of allylic oxidation sites excluding steroid dienone is 1. The fraction of sp³-hybridized carbons (Fsp3) is 0.846. The summed E-state index contributed by atoms with van der Waals surface area (Å²) >= 11 is 0. The topological polar surface area (TPSA) is 0 Å². The Bertz CT molecular complexity index is 142. The summed E-state index contributed by atoms with van der Waals surface area (Å²) in [5.74, 6) is 0. The molecule has 0 bridgehead atoms. The Labute approximate surface area is 84.4 Å². The first kappa shape index (κ1) is 12.7. The fourth-order valence-electron chi connectivity index (χ4n) is 1.74. The molecule has 13 heavy (non-hydrogen) atoms. The molecule has 0 spiro atoms. The van der Waals surface area contributed by atoms with Gasteiger partial charge in [0.15, 0.2) is 0 Å². The minimum atomic E-state index is 0.474. The average molecular weight is 182 g/mol. The first-order valence-electron chi connectivity index (χ1n) is 5.68. The number of hydrogen-bond acceptors (Lipinski definition) is 0. The molecular formula is C13H26. The predicted molar refractivity (Wildman–Crippen MR) is 62.0 cm³/mol. The van der Waals surface area contributed by atoms with Gasteiger partial charge in [0.1, 0.15) is 0 Å². The molecule has 0 heteroatoms. The Morgan fingerprint density at radius 1 is 1.15 bits per heavy atom. The zero-order valence-corrected chi connectivity index (χ0v) is 9.95. The third-order valence-electron chi connectivity index (χ3n) is 2.69. The van der Waals surface area contributed by atoms with Crippen molar-refractivity contribution in [3.8, 4) is 0 Å². The van der Waals surface area contributed by atoms with Crippen molar-refractivity contribution in [2.75, 3.05) is 0 Å². The van der Waals surface area contributed by atoms with Gasteiger partial charge >= 0.3 is 0 Å². The van der Waals surface area contributed by atoms with Gasteiger partial charge in [0, 0.05) is 0 Å². The molecule has 0 amide bonds. The Morgan fingerprint density at radius 2 is 1.77 bits per heavy atom. The van der Waals surface area contributed by atoms with Crippen molar-refractivity contribution >= 4 is 0 Å². The lowest BCUT2D eigenvalue weighted by Crippen LogP contribution is -2.11. The smallest absolute Gasteiger partial charge is 0.0271 e. The minimum Gasteiger partial charge on any atom is -0.0999 e. The van der Waals surface area contributed by atoms with E-state index in [0.29, 0.717) is 5.41 Å². The van der Waals surface area contributed by atoms with Crippen LogP contribution in [0.1, 0.15) is 66.2 Å². The summed E-state index contributed by atoms with van der Waals surface area (Å²) in [7, 11) is 0. The second-order valence-electron chi connectivity index (χ2n) is 4.90. The minimum absolute atomic E-state index is 0.474. The van der Waals surface area contributed by atoms with Gasteiger partial charge in [-0.25, -0.2) is 0 Å². The first-order valence-corrected chi connectivity index (χ1v) is 5.68. The zero-order chi connectivity index (χ0) is 10.3. The first-order chi connectivity index (χ1) is 6.02. The molecule has 0 saturated heterocycles. The molecule has 0 unspecified atom stereocenters. The zero-order valence-electron chi connectivity index (χ0n) is 9.95. The predicted octanol–water partition coefficient (Wildman–Crippen LogP) is 4.95. The highest BCUT2D eigenvalue weighted by Crippen LogP contribution is 2.31. The highest BCUT2D eigenvalue weighted by molar-refractivity contribution is 4.97. The summed E-state index contributed by atoms with van der Waals surface area (Å²) in [5, 5.41) is 0. The van der Waals surface area contributed by atoms with Gasteiger partial charge in [-0.05, 0) is 24.7 Å². The monoisotopic (exact) mass is 182 g/mol. The fourth-order valence-corrected chi connectivity index (χ4v) is 1.74. The van der Waals surface area contributed by atoms with Gasteiger partial charge in [0.25, 0.3) is 0 Å². The van der Waals surface area contributed by atoms with E-state index < -0.39 is 0 Å². The van der Waals surface area contributed by atoms with Crippen LogP contribution in [-0.4, -0.2) is 0 Å². The van der Waals surface area contributed by atoms with Gasteiger partial charge in [0.2, 0.25) is 0 Å². The molecular weight excluding hydrogens is 156 g/mol. The SMILES string of the molecule is C=C(CC)CC(C)(C)CCCCC. The highest BCUT2D eigenvalue weighted by atomic mass is 14.2. The highest BCUT2D eigenvalue weighted by Gasteiger charge is 2.17. The van der Waals surface area contributed by atoms with Crippen molar-refractivity contribution in [2.24, 2.45) is 5.41 Å². The maximum absolute atomic E-state index is 4.09. The van der Waals surface area contributed by atoms with Crippen LogP contribution in [-0.2, 0) is 0 Å². The van der Waals surface area contributed by atoms with Crippen LogP contribution in [0.5, 0.6) is 0 Å². The van der Waals surface area contributed by atoms with Crippen molar-refractivity contribution in [2.45, 2.75) is 66.2 Å². The maximum Gasteiger partial charge on any atom is -0.0271 e. The van der Waals surface area contributed by atoms with E-state index in [4.69, 9.17) is 0 Å². The van der Waals surface area contributed by atoms with Crippen LogP contribution in [0.2, 0.25) is 0 Å². The Morgan fingerprint density at radius 3 is 2.23 bits per heavy atom. The molecule has 0 saturated carbocycles. The summed E-state index contributed by atoms with van der Waals surface area (Å²) in [5.41, 5.74) is 1.88. The molecule has 0 aliphatic heterocycles. The van der Waals surface area contributed by atoms with E-state index >= 15 is 0 Å². The van der Waals surface area contributed by atoms with Gasteiger partial charge in [-0.15, -0.1) is 0 Å². The lowest BCUT2D eigenvalue weighted by Gasteiger charge is -2.25. The molecule has 0 aliphatic rings. The van der Waals surface area contributed by atoms with Crippen LogP contribution in [0.25, 0.3) is 0 Å². The summed E-state index contributed by atoms with van der Waals surface area (Å²) in [6.45, 7) is 13.3. The molecule has 0 aromatic carbocycles. The molecule has 0 radical (unpaired) electrons. The van der Waals surface area contributed by atoms with E-state index in [1.54, 1.807) is 0 Å². The lowest BCUT2D eigenvalue weighted by molar-refractivity contribution is 0.315. The molecule has 0 aromatic heterocycles. The van der Waals surface area contributed by atoms with Crippen LogP contribution in [0, 0.1) is 5.41 Å². The van der Waals surface area contributed by atoms with Crippen LogP contribution in [0.15, 0.2) is 12.2 Å². The van der Waals surface area contributed by atoms with Gasteiger partial charge in [-0.2, -0.15) is 0 Å². The van der Waals surface area contributed by atoms with Crippen molar-refractivity contribution in [3.63, 3.8) is 0 Å².